The van der Waals surface area contributed by atoms with Gasteiger partial charge in [0, 0.05) is 0 Å². The number of benzene rings is 1. The monoisotopic (exact) mass is 273 g/mol. The molecule has 1 aromatic rings. The average molecular weight is 274 g/mol. The Morgan fingerprint density at radius 2 is 2.00 bits per heavy atom. The van der Waals surface area contributed by atoms with Gasteiger partial charge >= 0.3 is 0 Å². The van der Waals surface area contributed by atoms with Crippen molar-refractivity contribution in [2.24, 2.45) is 0 Å². The molecule has 0 radical (unpaired) electrons. The van der Waals surface area contributed by atoms with E-state index >= 15 is 0 Å². The van der Waals surface area contributed by atoms with E-state index in [1.807, 2.05) is 0 Å². The Balaban J connectivity index is 2.27. The van der Waals surface area contributed by atoms with Crippen molar-refractivity contribution in [3.05, 3.63) is 28.0 Å². The summed E-state index contributed by atoms with van der Waals surface area (Å²) in [5.41, 5.74) is 0.898. The van der Waals surface area contributed by atoms with Gasteiger partial charge in [0.15, 0.2) is 0 Å². The van der Waals surface area contributed by atoms with Gasteiger partial charge in [-0.25, -0.2) is 4.39 Å². The minimum atomic E-state index is -0.386. The fraction of sp³-hybridized carbons (Fsp3) is 0.455. The van der Waals surface area contributed by atoms with Crippen LogP contribution in [0.3, 0.4) is 0 Å². The van der Waals surface area contributed by atoms with E-state index in [-0.39, 0.29) is 16.0 Å². The van der Waals surface area contributed by atoms with Gasteiger partial charge in [0.2, 0.25) is 0 Å². The molecule has 0 amide bonds. The minimum absolute atomic E-state index is 0.0106. The zero-order valence-corrected chi connectivity index (χ0v) is 9.85. The number of halogens is 2. The smallest absolute Gasteiger partial charge is 0.141 e. The molecule has 0 aliphatic carbocycles. The Hall–Kier alpha value is -0.610. The van der Waals surface area contributed by atoms with Gasteiger partial charge < -0.3 is 10.4 Å². The lowest BCUT2D eigenvalue weighted by Crippen LogP contribution is -2.26. The summed E-state index contributed by atoms with van der Waals surface area (Å²) in [4.78, 5) is 0. The van der Waals surface area contributed by atoms with E-state index in [0.29, 0.717) is 5.92 Å². The third-order valence-corrected chi connectivity index (χ3v) is 3.63. The number of rotatable bonds is 1. The molecular weight excluding hydrogens is 261 g/mol. The topological polar surface area (TPSA) is 32.3 Å². The maximum Gasteiger partial charge on any atom is 0.141 e. The molecule has 1 aliphatic heterocycles. The maximum absolute atomic E-state index is 13.4. The number of phenols is 1. The lowest BCUT2D eigenvalue weighted by molar-refractivity contribution is 0.443. The Morgan fingerprint density at radius 3 is 2.60 bits per heavy atom. The summed E-state index contributed by atoms with van der Waals surface area (Å²) in [6.07, 6.45) is 2.00. The first-order valence-electron chi connectivity index (χ1n) is 5.07. The van der Waals surface area contributed by atoms with Crippen LogP contribution in [-0.4, -0.2) is 18.2 Å². The van der Waals surface area contributed by atoms with Crippen LogP contribution >= 0.6 is 15.9 Å². The molecule has 2 N–H and O–H groups in total. The number of hydrogen-bond acceptors (Lipinski definition) is 2. The van der Waals surface area contributed by atoms with Gasteiger partial charge in [0.1, 0.15) is 11.6 Å². The van der Waals surface area contributed by atoms with E-state index in [2.05, 4.69) is 21.2 Å². The highest BCUT2D eigenvalue weighted by molar-refractivity contribution is 9.10. The van der Waals surface area contributed by atoms with E-state index < -0.39 is 0 Å². The fourth-order valence-corrected chi connectivity index (χ4v) is 2.21. The molecule has 4 heteroatoms. The van der Waals surface area contributed by atoms with Gasteiger partial charge in [-0.15, -0.1) is 0 Å². The van der Waals surface area contributed by atoms with E-state index in [9.17, 15) is 9.50 Å². The van der Waals surface area contributed by atoms with Gasteiger partial charge in [0.05, 0.1) is 4.47 Å². The zero-order chi connectivity index (χ0) is 10.8. The van der Waals surface area contributed by atoms with Gasteiger partial charge in [-0.2, -0.15) is 0 Å². The van der Waals surface area contributed by atoms with Gasteiger partial charge in [-0.05, 0) is 65.5 Å². The van der Waals surface area contributed by atoms with Crippen molar-refractivity contribution in [1.29, 1.82) is 0 Å². The van der Waals surface area contributed by atoms with Crippen molar-refractivity contribution in [2.45, 2.75) is 18.8 Å². The molecule has 2 nitrogen and oxygen atoms in total. The predicted octanol–water partition coefficient (Wildman–Crippen LogP) is 2.76. The van der Waals surface area contributed by atoms with Crippen molar-refractivity contribution in [2.75, 3.05) is 13.1 Å². The second-order valence-electron chi connectivity index (χ2n) is 3.86. The summed E-state index contributed by atoms with van der Waals surface area (Å²) in [7, 11) is 0. The molecular formula is C11H13BrFNO. The summed E-state index contributed by atoms with van der Waals surface area (Å²) < 4.78 is 13.5. The first-order valence-corrected chi connectivity index (χ1v) is 5.86. The second kappa shape index (κ2) is 4.49. The number of nitrogens with one attached hydrogen (secondary N) is 1. The van der Waals surface area contributed by atoms with E-state index in [4.69, 9.17) is 0 Å². The fourth-order valence-electron chi connectivity index (χ4n) is 1.99. The van der Waals surface area contributed by atoms with Crippen molar-refractivity contribution in [1.82, 2.24) is 5.32 Å². The van der Waals surface area contributed by atoms with Crippen molar-refractivity contribution in [3.63, 3.8) is 0 Å². The molecule has 15 heavy (non-hydrogen) atoms. The van der Waals surface area contributed by atoms with Gasteiger partial charge in [0.25, 0.3) is 0 Å². The molecule has 0 bridgehead atoms. The molecule has 1 fully saturated rings. The van der Waals surface area contributed by atoms with Crippen LogP contribution in [0.25, 0.3) is 0 Å². The first kappa shape index (κ1) is 10.9. The largest absolute Gasteiger partial charge is 0.507 e. The predicted molar refractivity (Wildman–Crippen MR) is 60.6 cm³/mol. The molecule has 82 valence electrons. The summed E-state index contributed by atoms with van der Waals surface area (Å²) in [5.74, 6) is -0.0354. The highest BCUT2D eigenvalue weighted by Crippen LogP contribution is 2.33. The van der Waals surface area contributed by atoms with E-state index in [1.165, 1.54) is 6.07 Å². The number of phenolic OH excluding ortho intramolecular Hbond substituents is 1. The SMILES string of the molecule is Oc1cc(C2CCNCC2)cc(F)c1Br. The summed E-state index contributed by atoms with van der Waals surface area (Å²) in [6.45, 7) is 1.92. The van der Waals surface area contributed by atoms with Crippen LogP contribution in [0.4, 0.5) is 4.39 Å². The molecule has 2 rings (SSSR count). The Morgan fingerprint density at radius 1 is 1.33 bits per heavy atom. The highest BCUT2D eigenvalue weighted by Gasteiger charge is 2.18. The molecule has 0 unspecified atom stereocenters. The second-order valence-corrected chi connectivity index (χ2v) is 4.65. The summed E-state index contributed by atoms with van der Waals surface area (Å²) >= 11 is 3.00. The highest BCUT2D eigenvalue weighted by atomic mass is 79.9. The van der Waals surface area contributed by atoms with Crippen molar-refractivity contribution in [3.8, 4) is 5.75 Å². The Labute approximate surface area is 96.6 Å². The minimum Gasteiger partial charge on any atom is -0.507 e. The van der Waals surface area contributed by atoms with Crippen LogP contribution in [0, 0.1) is 5.82 Å². The third kappa shape index (κ3) is 2.32. The van der Waals surface area contributed by atoms with E-state index in [0.717, 1.165) is 31.5 Å². The third-order valence-electron chi connectivity index (χ3n) is 2.84. The van der Waals surface area contributed by atoms with Crippen LogP contribution < -0.4 is 5.32 Å². The zero-order valence-electron chi connectivity index (χ0n) is 8.26. The van der Waals surface area contributed by atoms with Crippen LogP contribution in [0.5, 0.6) is 5.75 Å². The Kier molecular flexibility index (Phi) is 3.26. The number of aromatic hydroxyl groups is 1. The normalized spacial score (nSPS) is 18.0. The van der Waals surface area contributed by atoms with Crippen LogP contribution in [0.1, 0.15) is 24.3 Å². The van der Waals surface area contributed by atoms with Gasteiger partial charge in [-0.3, -0.25) is 0 Å². The molecule has 1 aromatic carbocycles. The molecule has 0 spiro atoms. The lowest BCUT2D eigenvalue weighted by Gasteiger charge is -2.23. The van der Waals surface area contributed by atoms with Crippen molar-refractivity contribution >= 4 is 15.9 Å². The van der Waals surface area contributed by atoms with Crippen LogP contribution in [-0.2, 0) is 0 Å². The average Bonchev–Trinajstić information content (AvgIpc) is 2.26. The lowest BCUT2D eigenvalue weighted by atomic mass is 9.90. The number of piperidine rings is 1. The molecule has 1 aliphatic rings. The number of hydrogen-bond donors (Lipinski definition) is 2. The van der Waals surface area contributed by atoms with Crippen molar-refractivity contribution < 1.29 is 9.50 Å². The van der Waals surface area contributed by atoms with Crippen LogP contribution in [0.2, 0.25) is 0 Å². The standard InChI is InChI=1S/C11H13BrFNO/c12-11-9(13)5-8(6-10(11)15)7-1-3-14-4-2-7/h5-7,14-15H,1-4H2. The molecule has 1 heterocycles. The molecule has 0 aromatic heterocycles. The van der Waals surface area contributed by atoms with Crippen LogP contribution in [0.15, 0.2) is 16.6 Å². The Bertz CT molecular complexity index is 341. The summed E-state index contributed by atoms with van der Waals surface area (Å²) in [5, 5.41) is 12.8. The molecule has 1 saturated heterocycles. The van der Waals surface area contributed by atoms with Gasteiger partial charge in [-0.1, -0.05) is 0 Å². The molecule has 0 atom stereocenters. The maximum atomic E-state index is 13.4. The quantitative estimate of drug-likeness (QED) is 0.825. The first-order chi connectivity index (χ1) is 7.18. The molecule has 0 saturated carbocycles. The summed E-state index contributed by atoms with van der Waals surface area (Å²) in [6, 6.07) is 3.17. The van der Waals surface area contributed by atoms with E-state index in [1.54, 1.807) is 6.07 Å².